The second-order valence-corrected chi connectivity index (χ2v) is 3.54. The predicted molar refractivity (Wildman–Crippen MR) is 54.7 cm³/mol. The first kappa shape index (κ1) is 9.31. The Morgan fingerprint density at radius 3 is 3.14 bits per heavy atom. The van der Waals surface area contributed by atoms with Crippen molar-refractivity contribution in [3.63, 3.8) is 0 Å². The second-order valence-electron chi connectivity index (χ2n) is 3.54. The molecule has 0 bridgehead atoms. The number of benzene rings is 1. The van der Waals surface area contributed by atoms with E-state index in [1.807, 2.05) is 18.2 Å². The second kappa shape index (κ2) is 3.86. The van der Waals surface area contributed by atoms with Crippen LogP contribution in [0.5, 0.6) is 5.75 Å². The zero-order chi connectivity index (χ0) is 9.97. The van der Waals surface area contributed by atoms with Crippen LogP contribution in [0.1, 0.15) is 12.0 Å². The van der Waals surface area contributed by atoms with Gasteiger partial charge in [-0.3, -0.25) is 0 Å². The van der Waals surface area contributed by atoms with Crippen LogP contribution in [0, 0.1) is 0 Å². The summed E-state index contributed by atoms with van der Waals surface area (Å²) in [6.07, 6.45) is 0.362. The number of halogens is 1. The van der Waals surface area contributed by atoms with Crippen molar-refractivity contribution in [3.8, 4) is 5.75 Å². The van der Waals surface area contributed by atoms with Gasteiger partial charge in [0.05, 0.1) is 7.11 Å². The smallest absolute Gasteiger partial charge is 0.120 e. The fourth-order valence-electron chi connectivity index (χ4n) is 1.73. The van der Waals surface area contributed by atoms with Crippen molar-refractivity contribution in [2.45, 2.75) is 19.0 Å². The molecule has 0 spiro atoms. The van der Waals surface area contributed by atoms with Gasteiger partial charge in [-0.2, -0.15) is 0 Å². The third-order valence-electron chi connectivity index (χ3n) is 2.53. The van der Waals surface area contributed by atoms with Gasteiger partial charge < -0.3 is 10.1 Å². The van der Waals surface area contributed by atoms with Gasteiger partial charge in [-0.15, -0.1) is 0 Å². The summed E-state index contributed by atoms with van der Waals surface area (Å²) in [4.78, 5) is 0. The molecule has 3 heteroatoms. The number of alkyl halides is 1. The minimum atomic E-state index is -0.725. The third-order valence-corrected chi connectivity index (χ3v) is 2.53. The van der Waals surface area contributed by atoms with Gasteiger partial charge >= 0.3 is 0 Å². The first-order valence-electron chi connectivity index (χ1n) is 4.84. The maximum Gasteiger partial charge on any atom is 0.120 e. The maximum atomic E-state index is 13.2. The highest BCUT2D eigenvalue weighted by Gasteiger charge is 2.15. The molecule has 0 radical (unpaired) electrons. The van der Waals surface area contributed by atoms with Crippen molar-refractivity contribution in [2.24, 2.45) is 0 Å². The Hall–Kier alpha value is -1.25. The van der Waals surface area contributed by atoms with Gasteiger partial charge in [0.2, 0.25) is 0 Å². The van der Waals surface area contributed by atoms with E-state index in [1.54, 1.807) is 7.11 Å². The molecule has 1 aliphatic heterocycles. The van der Waals surface area contributed by atoms with E-state index in [0.717, 1.165) is 17.0 Å². The van der Waals surface area contributed by atoms with Gasteiger partial charge in [-0.1, -0.05) is 6.07 Å². The quantitative estimate of drug-likeness (QED) is 0.743. The first-order valence-corrected chi connectivity index (χ1v) is 4.84. The van der Waals surface area contributed by atoms with Crippen molar-refractivity contribution < 1.29 is 9.13 Å². The van der Waals surface area contributed by atoms with Crippen molar-refractivity contribution >= 4 is 5.69 Å². The summed E-state index contributed by atoms with van der Waals surface area (Å²) in [7, 11) is 1.64. The molecule has 2 nitrogen and oxygen atoms in total. The van der Waals surface area contributed by atoms with E-state index in [0.29, 0.717) is 19.4 Å². The molecule has 0 aromatic heterocycles. The molecule has 1 atom stereocenters. The summed E-state index contributed by atoms with van der Waals surface area (Å²) in [5, 5.41) is 3.21. The van der Waals surface area contributed by atoms with E-state index in [1.165, 1.54) is 0 Å². The predicted octanol–water partition coefficient (Wildman–Crippen LogP) is 2.39. The van der Waals surface area contributed by atoms with E-state index >= 15 is 0 Å². The van der Waals surface area contributed by atoms with Crippen LogP contribution in [0.3, 0.4) is 0 Å². The summed E-state index contributed by atoms with van der Waals surface area (Å²) < 4.78 is 18.3. The topological polar surface area (TPSA) is 21.3 Å². The third kappa shape index (κ3) is 1.81. The lowest BCUT2D eigenvalue weighted by molar-refractivity contribution is 0.322. The molecule has 0 fully saturated rings. The van der Waals surface area contributed by atoms with Crippen LogP contribution in [0.4, 0.5) is 10.1 Å². The summed E-state index contributed by atoms with van der Waals surface area (Å²) in [6, 6.07) is 5.73. The average molecular weight is 195 g/mol. The zero-order valence-electron chi connectivity index (χ0n) is 8.22. The van der Waals surface area contributed by atoms with Crippen molar-refractivity contribution in [1.82, 2.24) is 0 Å². The number of hydrogen-bond donors (Lipinski definition) is 1. The molecule has 14 heavy (non-hydrogen) atoms. The van der Waals surface area contributed by atoms with Crippen molar-refractivity contribution in [1.29, 1.82) is 0 Å². The van der Waals surface area contributed by atoms with Crippen LogP contribution >= 0.6 is 0 Å². The number of anilines is 1. The van der Waals surface area contributed by atoms with E-state index < -0.39 is 6.17 Å². The SMILES string of the molecule is COc1ccc2c(c1)NCCC(F)C2. The average Bonchev–Trinajstić information content (AvgIpc) is 2.37. The standard InChI is InChI=1S/C11H14FNO/c1-14-10-3-2-8-6-9(12)4-5-13-11(8)7-10/h2-3,7,9,13H,4-6H2,1H3. The monoisotopic (exact) mass is 195 g/mol. The summed E-state index contributed by atoms with van der Waals surface area (Å²) in [5.74, 6) is 0.813. The van der Waals surface area contributed by atoms with Crippen LogP contribution in [0.15, 0.2) is 18.2 Å². The molecule has 2 rings (SSSR count). The van der Waals surface area contributed by atoms with Crippen LogP contribution in [-0.2, 0) is 6.42 Å². The van der Waals surface area contributed by atoms with Gasteiger partial charge in [0.15, 0.2) is 0 Å². The molecule has 1 N–H and O–H groups in total. The van der Waals surface area contributed by atoms with Gasteiger partial charge in [0.1, 0.15) is 11.9 Å². The first-order chi connectivity index (χ1) is 6.79. The van der Waals surface area contributed by atoms with Crippen LogP contribution in [-0.4, -0.2) is 19.8 Å². The minimum absolute atomic E-state index is 0.506. The number of rotatable bonds is 1. The van der Waals surface area contributed by atoms with Crippen molar-refractivity contribution in [2.75, 3.05) is 19.0 Å². The Morgan fingerprint density at radius 1 is 1.50 bits per heavy atom. The van der Waals surface area contributed by atoms with E-state index in [9.17, 15) is 4.39 Å². The molecular weight excluding hydrogens is 181 g/mol. The van der Waals surface area contributed by atoms with Crippen LogP contribution < -0.4 is 10.1 Å². The van der Waals surface area contributed by atoms with E-state index in [-0.39, 0.29) is 0 Å². The highest BCUT2D eigenvalue weighted by atomic mass is 19.1. The summed E-state index contributed by atoms with van der Waals surface area (Å²) in [5.41, 5.74) is 2.04. The highest BCUT2D eigenvalue weighted by molar-refractivity contribution is 5.56. The number of hydrogen-bond acceptors (Lipinski definition) is 2. The van der Waals surface area contributed by atoms with E-state index in [2.05, 4.69) is 5.32 Å². The van der Waals surface area contributed by atoms with Crippen molar-refractivity contribution in [3.05, 3.63) is 23.8 Å². The van der Waals surface area contributed by atoms with Crippen LogP contribution in [0.2, 0.25) is 0 Å². The molecule has 0 aliphatic carbocycles. The van der Waals surface area contributed by atoms with Gasteiger partial charge in [-0.25, -0.2) is 4.39 Å². The molecule has 1 aliphatic rings. The molecule has 1 unspecified atom stereocenters. The van der Waals surface area contributed by atoms with Crippen LogP contribution in [0.25, 0.3) is 0 Å². The lowest BCUT2D eigenvalue weighted by atomic mass is 10.1. The molecule has 1 aromatic carbocycles. The summed E-state index contributed by atoms with van der Waals surface area (Å²) >= 11 is 0. The molecule has 1 heterocycles. The molecule has 0 amide bonds. The fraction of sp³-hybridized carbons (Fsp3) is 0.455. The largest absolute Gasteiger partial charge is 0.497 e. The Bertz CT molecular complexity index is 327. The number of ether oxygens (including phenoxy) is 1. The molecule has 1 aromatic rings. The summed E-state index contributed by atoms with van der Waals surface area (Å²) in [6.45, 7) is 0.696. The Morgan fingerprint density at radius 2 is 2.36 bits per heavy atom. The van der Waals surface area contributed by atoms with E-state index in [4.69, 9.17) is 4.74 Å². The van der Waals surface area contributed by atoms with Gasteiger partial charge in [0, 0.05) is 24.7 Å². The molecule has 76 valence electrons. The number of nitrogens with one attached hydrogen (secondary N) is 1. The molecule has 0 saturated heterocycles. The molecule has 0 saturated carbocycles. The number of methoxy groups -OCH3 is 1. The minimum Gasteiger partial charge on any atom is -0.497 e. The maximum absolute atomic E-state index is 13.2. The normalized spacial score (nSPS) is 20.6. The van der Waals surface area contributed by atoms with Gasteiger partial charge in [-0.05, 0) is 18.1 Å². The lowest BCUT2D eigenvalue weighted by Gasteiger charge is -2.09. The number of fused-ring (bicyclic) bond motifs is 1. The Labute approximate surface area is 83.1 Å². The lowest BCUT2D eigenvalue weighted by Crippen LogP contribution is -2.05. The van der Waals surface area contributed by atoms with Gasteiger partial charge in [0.25, 0.3) is 0 Å². The fourth-order valence-corrected chi connectivity index (χ4v) is 1.73. The molecular formula is C11H14FNO. The Balaban J connectivity index is 2.31. The Kier molecular flexibility index (Phi) is 2.57. The highest BCUT2D eigenvalue weighted by Crippen LogP contribution is 2.26. The zero-order valence-corrected chi connectivity index (χ0v) is 8.22.